The van der Waals surface area contributed by atoms with Gasteiger partial charge < -0.3 is 10.3 Å². The number of fused-ring (bicyclic) bond motifs is 2. The first-order chi connectivity index (χ1) is 11.1. The number of nitriles is 1. The smallest absolute Gasteiger partial charge is 0.216 e. The predicted molar refractivity (Wildman–Crippen MR) is 90.0 cm³/mol. The molecule has 0 radical (unpaired) electrons. The maximum atomic E-state index is 12.9. The van der Waals surface area contributed by atoms with Crippen molar-refractivity contribution >= 4 is 45.6 Å². The van der Waals surface area contributed by atoms with Crippen molar-refractivity contribution in [3.8, 4) is 6.07 Å². The zero-order valence-electron chi connectivity index (χ0n) is 11.7. The molecular formula is C17H9Cl2N3O. The molecule has 1 atom stereocenters. The fourth-order valence-corrected chi connectivity index (χ4v) is 3.49. The minimum atomic E-state index is -1.52. The largest absolute Gasteiger partial charge is 0.360 e. The molecular weight excluding hydrogens is 333 g/mol. The second kappa shape index (κ2) is 4.76. The molecule has 4 rings (SSSR count). The number of halogens is 2. The summed E-state index contributed by atoms with van der Waals surface area (Å²) in [4.78, 5) is 16.0. The van der Waals surface area contributed by atoms with Gasteiger partial charge in [-0.2, -0.15) is 5.26 Å². The average Bonchev–Trinajstić information content (AvgIpc) is 3.10. The van der Waals surface area contributed by atoms with Crippen LogP contribution < -0.4 is 5.32 Å². The van der Waals surface area contributed by atoms with Crippen molar-refractivity contribution in [3.05, 3.63) is 63.8 Å². The highest BCUT2D eigenvalue weighted by molar-refractivity contribution is 6.36. The Labute approximate surface area is 141 Å². The molecule has 0 amide bonds. The van der Waals surface area contributed by atoms with Gasteiger partial charge in [-0.05, 0) is 18.2 Å². The van der Waals surface area contributed by atoms with E-state index in [0.717, 1.165) is 5.39 Å². The number of H-pyrrole nitrogens is 1. The van der Waals surface area contributed by atoms with E-state index in [9.17, 15) is 10.1 Å². The number of anilines is 1. The monoisotopic (exact) mass is 341 g/mol. The maximum absolute atomic E-state index is 12.9. The summed E-state index contributed by atoms with van der Waals surface area (Å²) in [6, 6.07) is 12.5. The second-order valence-corrected chi connectivity index (χ2v) is 6.16. The molecule has 0 saturated heterocycles. The summed E-state index contributed by atoms with van der Waals surface area (Å²) >= 11 is 12.3. The van der Waals surface area contributed by atoms with Crippen molar-refractivity contribution in [2.24, 2.45) is 0 Å². The van der Waals surface area contributed by atoms with Crippen LogP contribution in [0.25, 0.3) is 10.9 Å². The van der Waals surface area contributed by atoms with Gasteiger partial charge in [-0.25, -0.2) is 0 Å². The van der Waals surface area contributed by atoms with Crippen LogP contribution in [-0.2, 0) is 5.54 Å². The topological polar surface area (TPSA) is 68.7 Å². The number of aromatic nitrogens is 1. The van der Waals surface area contributed by atoms with Crippen molar-refractivity contribution in [2.75, 3.05) is 5.32 Å². The Bertz CT molecular complexity index is 1020. The Hall–Kier alpha value is -2.48. The quantitative estimate of drug-likeness (QED) is 0.684. The van der Waals surface area contributed by atoms with Crippen molar-refractivity contribution in [2.45, 2.75) is 5.54 Å². The molecule has 1 aromatic heterocycles. The zero-order chi connectivity index (χ0) is 16.2. The van der Waals surface area contributed by atoms with Crippen molar-refractivity contribution in [1.82, 2.24) is 4.98 Å². The van der Waals surface area contributed by atoms with Gasteiger partial charge in [0.2, 0.25) is 11.3 Å². The molecule has 1 unspecified atom stereocenters. The van der Waals surface area contributed by atoms with E-state index in [2.05, 4.69) is 16.4 Å². The second-order valence-electron chi connectivity index (χ2n) is 5.34. The van der Waals surface area contributed by atoms with Gasteiger partial charge in [-0.3, -0.25) is 4.79 Å². The number of nitrogens with one attached hydrogen (secondary N) is 2. The zero-order valence-corrected chi connectivity index (χ0v) is 13.2. The molecule has 1 aliphatic rings. The summed E-state index contributed by atoms with van der Waals surface area (Å²) < 4.78 is 0. The molecule has 0 spiro atoms. The van der Waals surface area contributed by atoms with Gasteiger partial charge in [0.25, 0.3) is 0 Å². The number of ketones is 1. The van der Waals surface area contributed by atoms with Crippen LogP contribution in [0.2, 0.25) is 10.0 Å². The Morgan fingerprint density at radius 3 is 2.57 bits per heavy atom. The molecule has 0 bridgehead atoms. The van der Waals surface area contributed by atoms with E-state index < -0.39 is 5.54 Å². The number of aromatic amines is 1. The molecule has 23 heavy (non-hydrogen) atoms. The molecule has 2 aromatic carbocycles. The SMILES string of the molecule is N#CC1(c2c[nH]c3c(Cl)cccc23)Nc2c(Cl)cccc2C1=O. The van der Waals surface area contributed by atoms with Crippen LogP contribution in [0.3, 0.4) is 0 Å². The Morgan fingerprint density at radius 2 is 1.83 bits per heavy atom. The molecule has 2 N–H and O–H groups in total. The lowest BCUT2D eigenvalue weighted by atomic mass is 9.87. The molecule has 0 aliphatic carbocycles. The summed E-state index contributed by atoms with van der Waals surface area (Å²) in [5, 5.41) is 14.5. The highest BCUT2D eigenvalue weighted by Gasteiger charge is 2.49. The first-order valence-electron chi connectivity index (χ1n) is 6.87. The van der Waals surface area contributed by atoms with E-state index in [1.807, 2.05) is 6.07 Å². The lowest BCUT2D eigenvalue weighted by Crippen LogP contribution is -2.36. The van der Waals surface area contributed by atoms with Gasteiger partial charge in [0.05, 0.1) is 21.2 Å². The Morgan fingerprint density at radius 1 is 1.09 bits per heavy atom. The fourth-order valence-electron chi connectivity index (χ4n) is 3.04. The predicted octanol–water partition coefficient (Wildman–Crippen LogP) is 4.50. The number of para-hydroxylation sites is 2. The summed E-state index contributed by atoms with van der Waals surface area (Å²) in [5.74, 6) is -0.321. The van der Waals surface area contributed by atoms with Crippen LogP contribution in [-0.4, -0.2) is 10.8 Å². The Kier molecular flexibility index (Phi) is 2.92. The molecule has 112 valence electrons. The number of carbonyl (C=O) groups is 1. The van der Waals surface area contributed by atoms with Crippen molar-refractivity contribution < 1.29 is 4.79 Å². The molecule has 1 aliphatic heterocycles. The van der Waals surface area contributed by atoms with E-state index in [1.165, 1.54) is 0 Å². The summed E-state index contributed by atoms with van der Waals surface area (Å²) in [7, 11) is 0. The summed E-state index contributed by atoms with van der Waals surface area (Å²) in [6.45, 7) is 0. The van der Waals surface area contributed by atoms with E-state index in [0.29, 0.717) is 32.4 Å². The van der Waals surface area contributed by atoms with Crippen LogP contribution in [0, 0.1) is 11.3 Å². The van der Waals surface area contributed by atoms with Crippen molar-refractivity contribution in [1.29, 1.82) is 5.26 Å². The summed E-state index contributed by atoms with van der Waals surface area (Å²) in [6.07, 6.45) is 1.64. The number of carbonyl (C=O) groups excluding carboxylic acids is 1. The third-order valence-corrected chi connectivity index (χ3v) is 4.78. The van der Waals surface area contributed by atoms with E-state index >= 15 is 0 Å². The van der Waals surface area contributed by atoms with Crippen LogP contribution in [0.4, 0.5) is 5.69 Å². The number of hydrogen-bond donors (Lipinski definition) is 2. The van der Waals surface area contributed by atoms with Gasteiger partial charge in [-0.1, -0.05) is 41.4 Å². The van der Waals surface area contributed by atoms with Crippen LogP contribution in [0.5, 0.6) is 0 Å². The number of hydrogen-bond acceptors (Lipinski definition) is 3. The molecule has 4 nitrogen and oxygen atoms in total. The molecule has 0 saturated carbocycles. The van der Waals surface area contributed by atoms with Gasteiger partial charge in [0.1, 0.15) is 6.07 Å². The standard InChI is InChI=1S/C17H9Cl2N3O/c18-12-5-1-3-9-11(7-21-14(9)12)17(8-20)16(23)10-4-2-6-13(19)15(10)22-17/h1-7,21-22H. The fraction of sp³-hybridized carbons (Fsp3) is 0.0588. The molecule has 0 fully saturated rings. The lowest BCUT2D eigenvalue weighted by Gasteiger charge is -2.20. The highest BCUT2D eigenvalue weighted by atomic mass is 35.5. The maximum Gasteiger partial charge on any atom is 0.216 e. The molecule has 6 heteroatoms. The van der Waals surface area contributed by atoms with E-state index in [4.69, 9.17) is 23.2 Å². The molecule has 2 heterocycles. The van der Waals surface area contributed by atoms with Gasteiger partial charge in [0.15, 0.2) is 0 Å². The number of Topliss-reactive ketones (excluding diaryl/α,β-unsaturated/α-hetero) is 1. The van der Waals surface area contributed by atoms with Gasteiger partial charge >= 0.3 is 0 Å². The lowest BCUT2D eigenvalue weighted by molar-refractivity contribution is 0.0949. The van der Waals surface area contributed by atoms with Gasteiger partial charge in [-0.15, -0.1) is 0 Å². The Balaban J connectivity index is 2.00. The third-order valence-electron chi connectivity index (χ3n) is 4.15. The molecule has 3 aromatic rings. The minimum absolute atomic E-state index is 0.321. The van der Waals surface area contributed by atoms with Crippen molar-refractivity contribution in [3.63, 3.8) is 0 Å². The summed E-state index contributed by atoms with van der Waals surface area (Å²) in [5.41, 5.74) is 0.605. The van der Waals surface area contributed by atoms with E-state index in [-0.39, 0.29) is 5.78 Å². The van der Waals surface area contributed by atoms with E-state index in [1.54, 1.807) is 36.5 Å². The van der Waals surface area contributed by atoms with Crippen LogP contribution in [0.15, 0.2) is 42.6 Å². The first-order valence-corrected chi connectivity index (χ1v) is 7.63. The third kappa shape index (κ3) is 1.75. The average molecular weight is 342 g/mol. The number of benzene rings is 2. The number of rotatable bonds is 1. The normalized spacial score (nSPS) is 19.4. The van der Waals surface area contributed by atoms with Crippen LogP contribution >= 0.6 is 23.2 Å². The first kappa shape index (κ1) is 14.1. The van der Waals surface area contributed by atoms with Crippen LogP contribution in [0.1, 0.15) is 15.9 Å². The minimum Gasteiger partial charge on any atom is -0.360 e. The number of nitrogens with zero attached hydrogens (tertiary/aromatic N) is 1. The highest BCUT2D eigenvalue weighted by Crippen LogP contribution is 2.44. The van der Waals surface area contributed by atoms with Gasteiger partial charge in [0, 0.05) is 22.7 Å².